The van der Waals surface area contributed by atoms with E-state index >= 15 is 0 Å². The lowest BCUT2D eigenvalue weighted by Gasteiger charge is -2.44. The van der Waals surface area contributed by atoms with Gasteiger partial charge in [-0.2, -0.15) is 15.8 Å². The number of hydrogen-bond acceptors (Lipinski definition) is 15. The molecule has 3 saturated heterocycles. The maximum absolute atomic E-state index is 12.9. The molecule has 0 aromatic heterocycles. The molecule has 3 aliphatic heterocycles. The molecule has 0 radical (unpaired) electrons. The van der Waals surface area contributed by atoms with E-state index in [0.29, 0.717) is 83.3 Å². The minimum Gasteiger partial charge on any atom is -0.340 e. The van der Waals surface area contributed by atoms with Gasteiger partial charge in [0.1, 0.15) is 0 Å². The Labute approximate surface area is 555 Å². The number of nitrogens with zero attached hydrogens (tertiary/aromatic N) is 9. The third-order valence-corrected chi connectivity index (χ3v) is 23.5. The molecule has 0 saturated carbocycles. The Hall–Kier alpha value is -2.19. The van der Waals surface area contributed by atoms with Crippen molar-refractivity contribution in [2.75, 3.05) is 52.5 Å². The fourth-order valence-electron chi connectivity index (χ4n) is 12.3. The van der Waals surface area contributed by atoms with Gasteiger partial charge in [-0.05, 0) is 146 Å². The Morgan fingerprint density at radius 2 is 0.756 bits per heavy atom. The van der Waals surface area contributed by atoms with Gasteiger partial charge in [0.05, 0.1) is 81.6 Å². The summed E-state index contributed by atoms with van der Waals surface area (Å²) in [6, 6.07) is 8.22. The van der Waals surface area contributed by atoms with Crippen LogP contribution in [0.4, 0.5) is 0 Å². The normalized spacial score (nSPS) is 20.7. The van der Waals surface area contributed by atoms with Crippen molar-refractivity contribution in [2.24, 2.45) is 11.8 Å². The van der Waals surface area contributed by atoms with Crippen molar-refractivity contribution in [3.05, 3.63) is 0 Å². The maximum Gasteiger partial charge on any atom is 0.259 e. The zero-order valence-electron chi connectivity index (χ0n) is 60.3. The van der Waals surface area contributed by atoms with Crippen LogP contribution in [0, 0.1) is 45.8 Å². The average Bonchev–Trinajstić information content (AvgIpc) is 0.937. The maximum atomic E-state index is 12.9. The standard InChI is InChI=1S/3C23H44N3O3P/c1-7-9-10-11-15-23(27)25-17-12-14-22(21(25)8-2)29-30(28-18-13-16-24)26(19(3)4)20(5)6;2*1-7-9-10-11-13-23(27)25-16-14-21(8-2)22(18-25)29-30(28-17-12-15-24)26(19(3)4)20(5)6/h19-22H,7-15,17-18H2,1-6H3;2*19-22H,7-14,16-18H2,1-6H3/t2*21-,22+,30?;21-,22-,30?/m001/s1. The summed E-state index contributed by atoms with van der Waals surface area (Å²) in [5, 5.41) is 26.7. The number of hydrogen-bond donors (Lipinski definition) is 0. The molecule has 0 bridgehead atoms. The highest BCUT2D eigenvalue weighted by Crippen LogP contribution is 2.51. The van der Waals surface area contributed by atoms with Crippen LogP contribution >= 0.6 is 25.6 Å². The zero-order valence-corrected chi connectivity index (χ0v) is 63.0. The number of amides is 3. The number of piperidine rings is 3. The van der Waals surface area contributed by atoms with Crippen LogP contribution in [0.25, 0.3) is 0 Å². The lowest BCUT2D eigenvalue weighted by molar-refractivity contribution is -0.138. The molecular weight excluding hydrogens is 1190 g/mol. The molecule has 3 fully saturated rings. The van der Waals surface area contributed by atoms with Crippen LogP contribution in [-0.4, -0.2) is 160 Å². The van der Waals surface area contributed by atoms with Gasteiger partial charge in [-0.25, -0.2) is 14.0 Å². The largest absolute Gasteiger partial charge is 0.340 e. The second-order valence-corrected chi connectivity index (χ2v) is 30.5. The molecule has 3 aliphatic rings. The molecule has 3 rings (SSSR count). The Morgan fingerprint density at radius 3 is 1.04 bits per heavy atom. The molecule has 0 aromatic rings. The highest BCUT2D eigenvalue weighted by Gasteiger charge is 2.41. The minimum atomic E-state index is -1.28. The van der Waals surface area contributed by atoms with E-state index < -0.39 is 25.6 Å². The number of nitriles is 3. The van der Waals surface area contributed by atoms with Crippen LogP contribution in [0.15, 0.2) is 0 Å². The zero-order chi connectivity index (χ0) is 67.6. The first kappa shape index (κ1) is 85.8. The molecule has 90 heavy (non-hydrogen) atoms. The van der Waals surface area contributed by atoms with Crippen LogP contribution in [0.2, 0.25) is 0 Å². The van der Waals surface area contributed by atoms with Crippen molar-refractivity contribution in [1.29, 1.82) is 15.8 Å². The van der Waals surface area contributed by atoms with E-state index in [0.717, 1.165) is 103 Å². The van der Waals surface area contributed by atoms with E-state index in [9.17, 15) is 14.4 Å². The number of likely N-dealkylation sites (tertiary alicyclic amines) is 3. The lowest BCUT2D eigenvalue weighted by Crippen LogP contribution is -2.51. The van der Waals surface area contributed by atoms with E-state index in [2.05, 4.69) is 162 Å². The molecule has 522 valence electrons. The van der Waals surface area contributed by atoms with Gasteiger partial charge in [-0.1, -0.05) is 112 Å². The Morgan fingerprint density at radius 1 is 0.433 bits per heavy atom. The Bertz CT molecular complexity index is 1830. The van der Waals surface area contributed by atoms with Gasteiger partial charge in [-0.15, -0.1) is 0 Å². The average molecular weight is 1320 g/mol. The molecule has 21 heteroatoms. The van der Waals surface area contributed by atoms with Crippen molar-refractivity contribution in [2.45, 2.75) is 346 Å². The van der Waals surface area contributed by atoms with Gasteiger partial charge in [0.15, 0.2) is 0 Å². The first-order valence-electron chi connectivity index (χ1n) is 35.7. The molecular formula is C69H132N9O9P3. The van der Waals surface area contributed by atoms with Crippen LogP contribution in [0.1, 0.15) is 285 Å². The van der Waals surface area contributed by atoms with Crippen molar-refractivity contribution in [1.82, 2.24) is 28.7 Å². The van der Waals surface area contributed by atoms with Crippen LogP contribution < -0.4 is 0 Å². The minimum absolute atomic E-state index is 0.0171. The second kappa shape index (κ2) is 51.1. The Balaban J connectivity index is 0.000000675. The summed E-state index contributed by atoms with van der Waals surface area (Å²) in [5.74, 6) is 1.65. The summed E-state index contributed by atoms with van der Waals surface area (Å²) in [6.07, 6.45) is 23.2. The molecule has 3 unspecified atom stereocenters. The molecule has 3 amide bonds. The van der Waals surface area contributed by atoms with Crippen molar-refractivity contribution >= 4 is 43.3 Å². The SMILES string of the molecule is CCCCCCC(=O)N1CCC[C@@H](OP(OCCC#N)N(C(C)C)C(C)C)[C@@H]1CC.CCCCCCC(=O)N1CC[C@@H](CC)[C@H](OP(OCCC#N)N(C(C)C)C(C)C)C1.CCCCCCC(=O)N1CC[C@H](CC)[C@H](OP(OCCC#N)N(C(C)C)C(C)C)C1. The van der Waals surface area contributed by atoms with Crippen molar-refractivity contribution < 1.29 is 41.5 Å². The van der Waals surface area contributed by atoms with Crippen molar-refractivity contribution in [3.63, 3.8) is 0 Å². The fraction of sp³-hybridized carbons (Fsp3) is 0.913. The van der Waals surface area contributed by atoms with E-state index in [4.69, 9.17) is 42.9 Å². The van der Waals surface area contributed by atoms with Gasteiger partial charge < -0.3 is 41.8 Å². The molecule has 18 nitrogen and oxygen atoms in total. The van der Waals surface area contributed by atoms with Gasteiger partial charge in [-0.3, -0.25) is 14.4 Å². The quantitative estimate of drug-likeness (QED) is 0.0413. The van der Waals surface area contributed by atoms with Crippen LogP contribution in [-0.2, 0) is 41.5 Å². The smallest absolute Gasteiger partial charge is 0.259 e. The number of carbonyl (C=O) groups excluding carboxylic acids is 3. The van der Waals surface area contributed by atoms with E-state index in [1.165, 1.54) is 38.5 Å². The monoisotopic (exact) mass is 1320 g/mol. The number of rotatable bonds is 42. The van der Waals surface area contributed by atoms with Gasteiger partial charge in [0, 0.05) is 88.2 Å². The topological polar surface area (TPSA) is 197 Å². The summed E-state index contributed by atoms with van der Waals surface area (Å²) >= 11 is 0. The highest BCUT2D eigenvalue weighted by molar-refractivity contribution is 7.45. The van der Waals surface area contributed by atoms with Crippen LogP contribution in [0.3, 0.4) is 0 Å². The summed E-state index contributed by atoms with van der Waals surface area (Å²) in [4.78, 5) is 44.5. The van der Waals surface area contributed by atoms with E-state index in [1.807, 2.05) is 9.80 Å². The molecule has 9 atom stereocenters. The molecule has 0 spiro atoms. The summed E-state index contributed by atoms with van der Waals surface area (Å²) in [5.41, 5.74) is 0. The predicted molar refractivity (Wildman–Crippen MR) is 372 cm³/mol. The third kappa shape index (κ3) is 33.0. The molecule has 0 aromatic carbocycles. The molecule has 3 heterocycles. The third-order valence-electron chi connectivity index (χ3n) is 17.0. The second-order valence-electron chi connectivity index (χ2n) is 26.3. The number of carbonyl (C=O) groups is 3. The Kier molecular flexibility index (Phi) is 48.8. The highest BCUT2D eigenvalue weighted by atomic mass is 31.2. The predicted octanol–water partition coefficient (Wildman–Crippen LogP) is 17.8. The first-order valence-corrected chi connectivity index (χ1v) is 39.1. The van der Waals surface area contributed by atoms with Crippen LogP contribution in [0.5, 0.6) is 0 Å². The molecule has 0 aliphatic carbocycles. The fourth-order valence-corrected chi connectivity index (χ4v) is 17.6. The summed E-state index contributed by atoms with van der Waals surface area (Å²) < 4.78 is 44.9. The van der Waals surface area contributed by atoms with E-state index in [1.54, 1.807) is 0 Å². The summed E-state index contributed by atoms with van der Waals surface area (Å²) in [6.45, 7) is 43.8. The van der Waals surface area contributed by atoms with Gasteiger partial charge >= 0.3 is 0 Å². The molecule has 0 N–H and O–H groups in total. The van der Waals surface area contributed by atoms with Gasteiger partial charge in [0.2, 0.25) is 17.7 Å². The number of unbranched alkanes of at least 4 members (excludes halogenated alkanes) is 9. The van der Waals surface area contributed by atoms with E-state index in [-0.39, 0.29) is 78.3 Å². The summed E-state index contributed by atoms with van der Waals surface area (Å²) in [7, 11) is -3.84. The lowest BCUT2D eigenvalue weighted by atomic mass is 9.91. The van der Waals surface area contributed by atoms with Gasteiger partial charge in [0.25, 0.3) is 25.6 Å². The first-order chi connectivity index (χ1) is 43.1. The van der Waals surface area contributed by atoms with Crippen molar-refractivity contribution in [3.8, 4) is 18.2 Å².